The topological polar surface area (TPSA) is 47.6 Å². The molecule has 0 aliphatic heterocycles. The molecule has 0 aliphatic carbocycles. The molecule has 0 saturated heterocycles. The second-order valence-corrected chi connectivity index (χ2v) is 6.36. The Bertz CT molecular complexity index is 858. The zero-order chi connectivity index (χ0) is 19.1. The molecule has 3 aromatic carbocycles. The van der Waals surface area contributed by atoms with Crippen molar-refractivity contribution >= 4 is 11.6 Å². The Morgan fingerprint density at radius 2 is 1.52 bits per heavy atom. The summed E-state index contributed by atoms with van der Waals surface area (Å²) in [5.41, 5.74) is 2.96. The van der Waals surface area contributed by atoms with E-state index in [1.807, 2.05) is 85.8 Å². The lowest BCUT2D eigenvalue weighted by Crippen LogP contribution is -2.30. The summed E-state index contributed by atoms with van der Waals surface area (Å²) in [4.78, 5) is 12.3. The molecular formula is C23H23NO3. The number of benzene rings is 3. The summed E-state index contributed by atoms with van der Waals surface area (Å²) in [5, 5.41) is 2.85. The maximum Gasteiger partial charge on any atom is 0.265 e. The highest BCUT2D eigenvalue weighted by molar-refractivity contribution is 5.94. The zero-order valence-corrected chi connectivity index (χ0v) is 15.5. The number of aryl methyl sites for hydroxylation is 1. The van der Waals surface area contributed by atoms with Crippen LogP contribution in [0.2, 0.25) is 0 Å². The molecule has 0 unspecified atom stereocenters. The van der Waals surface area contributed by atoms with Crippen LogP contribution < -0.4 is 14.8 Å². The fourth-order valence-corrected chi connectivity index (χ4v) is 2.49. The number of anilines is 1. The van der Waals surface area contributed by atoms with Crippen LogP contribution in [0, 0.1) is 6.92 Å². The number of hydrogen-bond acceptors (Lipinski definition) is 3. The minimum Gasteiger partial charge on any atom is -0.489 e. The molecule has 4 heteroatoms. The second kappa shape index (κ2) is 8.90. The normalized spacial score (nSPS) is 11.5. The number of rotatable bonds is 7. The lowest BCUT2D eigenvalue weighted by molar-refractivity contribution is -0.122. The summed E-state index contributed by atoms with van der Waals surface area (Å²) in [7, 11) is 0. The Balaban J connectivity index is 1.51. The third-order valence-corrected chi connectivity index (χ3v) is 4.07. The molecular weight excluding hydrogens is 338 g/mol. The van der Waals surface area contributed by atoms with E-state index in [9.17, 15) is 4.79 Å². The summed E-state index contributed by atoms with van der Waals surface area (Å²) in [6.07, 6.45) is -0.596. The summed E-state index contributed by atoms with van der Waals surface area (Å²) in [6, 6.07) is 24.9. The van der Waals surface area contributed by atoms with Crippen LogP contribution in [-0.4, -0.2) is 12.0 Å². The van der Waals surface area contributed by atoms with E-state index in [1.165, 1.54) is 0 Å². The van der Waals surface area contributed by atoms with Crippen molar-refractivity contribution in [3.8, 4) is 11.5 Å². The van der Waals surface area contributed by atoms with Crippen LogP contribution >= 0.6 is 0 Å². The first-order valence-corrected chi connectivity index (χ1v) is 8.91. The van der Waals surface area contributed by atoms with Crippen molar-refractivity contribution in [1.29, 1.82) is 0 Å². The van der Waals surface area contributed by atoms with E-state index in [-0.39, 0.29) is 5.91 Å². The Hall–Kier alpha value is -3.27. The van der Waals surface area contributed by atoms with Gasteiger partial charge in [-0.05, 0) is 55.8 Å². The van der Waals surface area contributed by atoms with Crippen LogP contribution in [0.15, 0.2) is 78.9 Å². The average Bonchev–Trinajstić information content (AvgIpc) is 2.70. The molecule has 4 nitrogen and oxygen atoms in total. The van der Waals surface area contributed by atoms with Gasteiger partial charge >= 0.3 is 0 Å². The molecule has 1 atom stereocenters. The Morgan fingerprint density at radius 3 is 2.19 bits per heavy atom. The van der Waals surface area contributed by atoms with Gasteiger partial charge in [-0.2, -0.15) is 0 Å². The third kappa shape index (κ3) is 5.61. The van der Waals surface area contributed by atoms with Gasteiger partial charge in [-0.15, -0.1) is 0 Å². The SMILES string of the molecule is Cc1ccc(O[C@H](C)C(=O)Nc2ccc(OCc3ccccc3)cc2)cc1. The number of carbonyl (C=O) groups excluding carboxylic acids is 1. The van der Waals surface area contributed by atoms with Gasteiger partial charge in [-0.3, -0.25) is 4.79 Å². The molecule has 0 radical (unpaired) electrons. The lowest BCUT2D eigenvalue weighted by Gasteiger charge is -2.15. The summed E-state index contributed by atoms with van der Waals surface area (Å²) < 4.78 is 11.4. The van der Waals surface area contributed by atoms with Gasteiger partial charge in [-0.25, -0.2) is 0 Å². The Morgan fingerprint density at radius 1 is 0.889 bits per heavy atom. The van der Waals surface area contributed by atoms with Crippen LogP contribution in [0.25, 0.3) is 0 Å². The highest BCUT2D eigenvalue weighted by Gasteiger charge is 2.14. The molecule has 0 heterocycles. The van der Waals surface area contributed by atoms with Crippen LogP contribution in [-0.2, 0) is 11.4 Å². The van der Waals surface area contributed by atoms with Crippen LogP contribution in [0.4, 0.5) is 5.69 Å². The summed E-state index contributed by atoms with van der Waals surface area (Å²) >= 11 is 0. The fourth-order valence-electron chi connectivity index (χ4n) is 2.49. The molecule has 27 heavy (non-hydrogen) atoms. The molecule has 3 aromatic rings. The van der Waals surface area contributed by atoms with Crippen molar-refractivity contribution in [1.82, 2.24) is 0 Å². The first-order chi connectivity index (χ1) is 13.1. The largest absolute Gasteiger partial charge is 0.489 e. The van der Waals surface area contributed by atoms with Gasteiger partial charge in [0.05, 0.1) is 0 Å². The zero-order valence-electron chi connectivity index (χ0n) is 15.5. The number of amides is 1. The minimum absolute atomic E-state index is 0.200. The van der Waals surface area contributed by atoms with E-state index in [4.69, 9.17) is 9.47 Å². The summed E-state index contributed by atoms with van der Waals surface area (Å²) in [5.74, 6) is 1.22. The molecule has 0 fully saturated rings. The van der Waals surface area contributed by atoms with E-state index >= 15 is 0 Å². The standard InChI is InChI=1S/C23H23NO3/c1-17-8-12-22(13-9-17)27-18(2)23(25)24-20-10-14-21(15-11-20)26-16-19-6-4-3-5-7-19/h3-15,18H,16H2,1-2H3,(H,24,25)/t18-/m1/s1. The van der Waals surface area contributed by atoms with Crippen molar-refractivity contribution in [3.63, 3.8) is 0 Å². The number of ether oxygens (including phenoxy) is 2. The maximum absolute atomic E-state index is 12.3. The maximum atomic E-state index is 12.3. The van der Waals surface area contributed by atoms with Gasteiger partial charge in [0, 0.05) is 5.69 Å². The molecule has 0 bridgehead atoms. The average molecular weight is 361 g/mol. The van der Waals surface area contributed by atoms with E-state index in [0.29, 0.717) is 18.0 Å². The minimum atomic E-state index is -0.596. The number of nitrogens with one attached hydrogen (secondary N) is 1. The Labute approximate surface area is 159 Å². The van der Waals surface area contributed by atoms with Gasteiger partial charge in [0.25, 0.3) is 5.91 Å². The number of carbonyl (C=O) groups is 1. The third-order valence-electron chi connectivity index (χ3n) is 4.07. The van der Waals surface area contributed by atoms with Crippen molar-refractivity contribution in [2.75, 3.05) is 5.32 Å². The van der Waals surface area contributed by atoms with Gasteiger partial charge in [0.2, 0.25) is 0 Å². The smallest absolute Gasteiger partial charge is 0.265 e. The molecule has 138 valence electrons. The first kappa shape index (κ1) is 18.5. The van der Waals surface area contributed by atoms with Gasteiger partial charge in [0.1, 0.15) is 18.1 Å². The number of hydrogen-bond donors (Lipinski definition) is 1. The van der Waals surface area contributed by atoms with Gasteiger partial charge < -0.3 is 14.8 Å². The molecule has 1 N–H and O–H groups in total. The van der Waals surface area contributed by atoms with Gasteiger partial charge in [-0.1, -0.05) is 48.0 Å². The predicted octanol–water partition coefficient (Wildman–Crippen LogP) is 4.98. The van der Waals surface area contributed by atoms with E-state index < -0.39 is 6.10 Å². The fraction of sp³-hybridized carbons (Fsp3) is 0.174. The highest BCUT2D eigenvalue weighted by Crippen LogP contribution is 2.18. The van der Waals surface area contributed by atoms with Crippen LogP contribution in [0.5, 0.6) is 11.5 Å². The molecule has 0 saturated carbocycles. The van der Waals surface area contributed by atoms with E-state index in [2.05, 4.69) is 5.32 Å². The van der Waals surface area contributed by atoms with Gasteiger partial charge in [0.15, 0.2) is 6.10 Å². The van der Waals surface area contributed by atoms with Crippen LogP contribution in [0.1, 0.15) is 18.1 Å². The molecule has 0 aliphatic rings. The second-order valence-electron chi connectivity index (χ2n) is 6.36. The van der Waals surface area contributed by atoms with Crippen molar-refractivity contribution in [3.05, 3.63) is 90.0 Å². The van der Waals surface area contributed by atoms with E-state index in [1.54, 1.807) is 6.92 Å². The molecule has 3 rings (SSSR count). The molecule has 0 spiro atoms. The van der Waals surface area contributed by atoms with Crippen molar-refractivity contribution in [2.45, 2.75) is 26.6 Å². The lowest BCUT2D eigenvalue weighted by atomic mass is 10.2. The summed E-state index contributed by atoms with van der Waals surface area (Å²) in [6.45, 7) is 4.24. The van der Waals surface area contributed by atoms with Crippen molar-refractivity contribution in [2.24, 2.45) is 0 Å². The Kier molecular flexibility index (Phi) is 6.10. The highest BCUT2D eigenvalue weighted by atomic mass is 16.5. The quantitative estimate of drug-likeness (QED) is 0.646. The van der Waals surface area contributed by atoms with Crippen molar-refractivity contribution < 1.29 is 14.3 Å². The van der Waals surface area contributed by atoms with Crippen LogP contribution in [0.3, 0.4) is 0 Å². The predicted molar refractivity (Wildman–Crippen MR) is 107 cm³/mol. The molecule has 1 amide bonds. The van der Waals surface area contributed by atoms with E-state index in [0.717, 1.165) is 16.9 Å². The monoisotopic (exact) mass is 361 g/mol. The first-order valence-electron chi connectivity index (χ1n) is 8.91. The molecule has 0 aromatic heterocycles.